The first-order valence-corrected chi connectivity index (χ1v) is 8.96. The Balaban J connectivity index is 1.40. The van der Waals surface area contributed by atoms with E-state index in [1.165, 1.54) is 0 Å². The van der Waals surface area contributed by atoms with E-state index in [0.29, 0.717) is 25.2 Å². The molecule has 5 rings (SSSR count). The van der Waals surface area contributed by atoms with E-state index in [2.05, 4.69) is 20.9 Å². The maximum Gasteiger partial charge on any atom is 0.270 e. The minimum absolute atomic E-state index is 0.0388. The lowest BCUT2D eigenvalue weighted by Crippen LogP contribution is -2.42. The number of amides is 1. The predicted octanol–water partition coefficient (Wildman–Crippen LogP) is 3.94. The van der Waals surface area contributed by atoms with Crippen LogP contribution in [-0.4, -0.2) is 34.7 Å². The van der Waals surface area contributed by atoms with Crippen molar-refractivity contribution >= 4 is 32.7 Å². The van der Waals surface area contributed by atoms with E-state index in [9.17, 15) is 4.79 Å². The molecule has 0 atom stereocenters. The fourth-order valence-corrected chi connectivity index (χ4v) is 4.02. The molecule has 6 heteroatoms. The lowest BCUT2D eigenvalue weighted by Gasteiger charge is -2.22. The van der Waals surface area contributed by atoms with Crippen LogP contribution in [-0.2, 0) is 0 Å². The molecule has 1 saturated heterocycles. The van der Waals surface area contributed by atoms with Crippen molar-refractivity contribution in [1.82, 2.24) is 9.88 Å². The Kier molecular flexibility index (Phi) is 3.12. The Morgan fingerprint density at radius 2 is 1.88 bits per heavy atom. The smallest absolute Gasteiger partial charge is 0.270 e. The third kappa shape index (κ3) is 2.32. The molecule has 0 saturated carbocycles. The summed E-state index contributed by atoms with van der Waals surface area (Å²) in [6.07, 6.45) is 0.650. The van der Waals surface area contributed by atoms with Crippen molar-refractivity contribution in [3.8, 4) is 11.5 Å². The lowest BCUT2D eigenvalue weighted by atomic mass is 10.2. The summed E-state index contributed by atoms with van der Waals surface area (Å²) in [7, 11) is 0. The van der Waals surface area contributed by atoms with Crippen LogP contribution >= 0.6 is 15.9 Å². The maximum atomic E-state index is 12.9. The molecule has 2 aliphatic rings. The van der Waals surface area contributed by atoms with Gasteiger partial charge in [-0.15, -0.1) is 0 Å². The molecule has 0 bridgehead atoms. The van der Waals surface area contributed by atoms with Crippen LogP contribution in [0.3, 0.4) is 0 Å². The number of hydrogen-bond acceptors (Lipinski definition) is 3. The van der Waals surface area contributed by atoms with E-state index in [4.69, 9.17) is 9.47 Å². The van der Waals surface area contributed by atoms with Crippen LogP contribution in [0.4, 0.5) is 0 Å². The van der Waals surface area contributed by atoms with Gasteiger partial charge in [-0.1, -0.05) is 34.1 Å². The summed E-state index contributed by atoms with van der Waals surface area (Å²) in [4.78, 5) is 17.9. The maximum absolute atomic E-state index is 12.9. The number of benzene rings is 2. The van der Waals surface area contributed by atoms with Crippen LogP contribution in [0.25, 0.3) is 10.9 Å². The highest BCUT2D eigenvalue weighted by molar-refractivity contribution is 9.10. The normalized spacial score (nSPS) is 17.6. The molecule has 0 unspecified atom stereocenters. The Bertz CT molecular complexity index is 972. The fraction of sp³-hybridized carbons (Fsp3) is 0.211. The number of aromatic nitrogens is 1. The van der Waals surface area contributed by atoms with Gasteiger partial charge in [0.25, 0.3) is 11.7 Å². The molecule has 1 N–H and O–H groups in total. The number of nitrogens with zero attached hydrogens (tertiary/aromatic N) is 1. The van der Waals surface area contributed by atoms with Gasteiger partial charge < -0.3 is 19.4 Å². The summed E-state index contributed by atoms with van der Waals surface area (Å²) in [5.41, 5.74) is 1.52. The van der Waals surface area contributed by atoms with Crippen molar-refractivity contribution < 1.29 is 14.3 Å². The molecule has 1 fully saturated rings. The van der Waals surface area contributed by atoms with Gasteiger partial charge in [0.1, 0.15) is 5.69 Å². The van der Waals surface area contributed by atoms with E-state index >= 15 is 0 Å². The van der Waals surface area contributed by atoms with Crippen molar-refractivity contribution in [3.05, 3.63) is 58.7 Å². The number of hydrogen-bond donors (Lipinski definition) is 1. The minimum Gasteiger partial charge on any atom is -0.447 e. The second kappa shape index (κ2) is 5.26. The number of likely N-dealkylation sites (tertiary alicyclic amines) is 1. The molecule has 25 heavy (non-hydrogen) atoms. The second-order valence-corrected chi connectivity index (χ2v) is 7.28. The summed E-state index contributed by atoms with van der Waals surface area (Å²) in [5.74, 6) is 0.687. The topological polar surface area (TPSA) is 54.6 Å². The molecular weight excluding hydrogens is 384 g/mol. The average Bonchev–Trinajstić information content (AvgIpc) is 3.31. The minimum atomic E-state index is -0.758. The summed E-state index contributed by atoms with van der Waals surface area (Å²) >= 11 is 3.52. The summed E-state index contributed by atoms with van der Waals surface area (Å²) in [5, 5.41) is 1.00. The number of fused-ring (bicyclic) bond motifs is 2. The van der Waals surface area contributed by atoms with Crippen molar-refractivity contribution in [3.63, 3.8) is 0 Å². The zero-order valence-corrected chi connectivity index (χ0v) is 14.9. The molecule has 2 aliphatic heterocycles. The number of ether oxygens (including phenoxy) is 2. The third-order valence-corrected chi connectivity index (χ3v) is 5.46. The molecule has 1 spiro atoms. The van der Waals surface area contributed by atoms with Gasteiger partial charge in [0.05, 0.1) is 6.54 Å². The number of aromatic amines is 1. The zero-order valence-electron chi connectivity index (χ0n) is 13.3. The van der Waals surface area contributed by atoms with Crippen molar-refractivity contribution in [2.24, 2.45) is 0 Å². The molecule has 5 nitrogen and oxygen atoms in total. The van der Waals surface area contributed by atoms with Gasteiger partial charge in [0.2, 0.25) is 0 Å². The largest absolute Gasteiger partial charge is 0.447 e. The Labute approximate surface area is 152 Å². The number of H-pyrrole nitrogens is 1. The van der Waals surface area contributed by atoms with Crippen LogP contribution < -0.4 is 9.47 Å². The van der Waals surface area contributed by atoms with E-state index in [-0.39, 0.29) is 5.91 Å². The Hall–Kier alpha value is -2.47. The molecule has 3 aromatic rings. The van der Waals surface area contributed by atoms with Crippen LogP contribution in [0.15, 0.2) is 53.0 Å². The van der Waals surface area contributed by atoms with Gasteiger partial charge in [0, 0.05) is 28.3 Å². The first-order chi connectivity index (χ1) is 12.1. The monoisotopic (exact) mass is 398 g/mol. The molecule has 126 valence electrons. The Morgan fingerprint density at radius 3 is 2.60 bits per heavy atom. The number of carbonyl (C=O) groups excluding carboxylic acids is 1. The number of nitrogens with one attached hydrogen (secondary N) is 1. The highest BCUT2D eigenvalue weighted by atomic mass is 79.9. The highest BCUT2D eigenvalue weighted by Crippen LogP contribution is 2.43. The number of halogens is 1. The first-order valence-electron chi connectivity index (χ1n) is 8.17. The van der Waals surface area contributed by atoms with Gasteiger partial charge >= 0.3 is 0 Å². The number of para-hydroxylation sites is 2. The van der Waals surface area contributed by atoms with E-state index < -0.39 is 5.79 Å². The van der Waals surface area contributed by atoms with Gasteiger partial charge in [-0.3, -0.25) is 4.79 Å². The SMILES string of the molecule is O=C(c1cc2c(Br)cccc2[nH]1)N1CCC2(C1)Oc1ccccc1O2. The van der Waals surface area contributed by atoms with E-state index in [1.807, 2.05) is 48.5 Å². The number of rotatable bonds is 1. The average molecular weight is 399 g/mol. The molecule has 1 amide bonds. The molecule has 1 aromatic heterocycles. The Morgan fingerprint density at radius 1 is 1.12 bits per heavy atom. The van der Waals surface area contributed by atoms with Crippen molar-refractivity contribution in [1.29, 1.82) is 0 Å². The molecule has 0 radical (unpaired) electrons. The summed E-state index contributed by atoms with van der Waals surface area (Å²) in [6, 6.07) is 15.4. The number of carbonyl (C=O) groups is 1. The fourth-order valence-electron chi connectivity index (χ4n) is 3.54. The first kappa shape index (κ1) is 14.8. The van der Waals surface area contributed by atoms with Crippen LogP contribution in [0.1, 0.15) is 16.9 Å². The standard InChI is InChI=1S/C19H15BrN2O3/c20-13-4-3-5-14-12(13)10-15(21-14)18(23)22-9-8-19(11-22)24-16-6-1-2-7-17(16)25-19/h1-7,10,21H,8-9,11H2. The molecule has 2 aromatic carbocycles. The lowest BCUT2D eigenvalue weighted by molar-refractivity contribution is -0.0657. The van der Waals surface area contributed by atoms with E-state index in [0.717, 1.165) is 26.9 Å². The van der Waals surface area contributed by atoms with Crippen molar-refractivity contribution in [2.75, 3.05) is 13.1 Å². The predicted molar refractivity (Wildman–Crippen MR) is 96.9 cm³/mol. The van der Waals surface area contributed by atoms with Gasteiger partial charge in [-0.05, 0) is 30.3 Å². The second-order valence-electron chi connectivity index (χ2n) is 6.42. The quantitative estimate of drug-likeness (QED) is 0.675. The van der Waals surface area contributed by atoms with Crippen LogP contribution in [0, 0.1) is 0 Å². The van der Waals surface area contributed by atoms with Gasteiger partial charge in [-0.2, -0.15) is 0 Å². The van der Waals surface area contributed by atoms with Gasteiger partial charge in [0.15, 0.2) is 11.5 Å². The summed E-state index contributed by atoms with van der Waals surface area (Å²) in [6.45, 7) is 1.01. The molecule has 0 aliphatic carbocycles. The van der Waals surface area contributed by atoms with Crippen LogP contribution in [0.2, 0.25) is 0 Å². The van der Waals surface area contributed by atoms with Crippen LogP contribution in [0.5, 0.6) is 11.5 Å². The highest BCUT2D eigenvalue weighted by Gasteiger charge is 2.48. The van der Waals surface area contributed by atoms with E-state index in [1.54, 1.807) is 4.90 Å². The molecular formula is C19H15BrN2O3. The van der Waals surface area contributed by atoms with Gasteiger partial charge in [-0.25, -0.2) is 0 Å². The third-order valence-electron chi connectivity index (χ3n) is 4.76. The summed E-state index contributed by atoms with van der Waals surface area (Å²) < 4.78 is 13.0. The molecule has 3 heterocycles. The van der Waals surface area contributed by atoms with Crippen molar-refractivity contribution in [2.45, 2.75) is 12.2 Å². The zero-order chi connectivity index (χ0) is 17.0.